The Kier molecular flexibility index (Phi) is 4.42. The Labute approximate surface area is 120 Å². The maximum absolute atomic E-state index is 12.5. The van der Waals surface area contributed by atoms with Crippen LogP contribution in [0.3, 0.4) is 0 Å². The Bertz CT molecular complexity index is 519. The van der Waals surface area contributed by atoms with Gasteiger partial charge in [0.05, 0.1) is 5.88 Å². The summed E-state index contributed by atoms with van der Waals surface area (Å²) in [5.74, 6) is -0.219. The van der Waals surface area contributed by atoms with Gasteiger partial charge in [0.2, 0.25) is 0 Å². The quantitative estimate of drug-likeness (QED) is 0.868. The second kappa shape index (κ2) is 5.88. The standard InChI is InChI=1S/C13H15NO3S2/c1-8-3-4-9(18-2)5-10(8)12(15)14-7-19-6-11(14)13(16)17/h3-5,11H,6-7H2,1-2H3,(H,16,17)/t11-/m0/s1. The zero-order chi connectivity index (χ0) is 14.0. The summed E-state index contributed by atoms with van der Waals surface area (Å²) in [6.45, 7) is 1.87. The molecule has 19 heavy (non-hydrogen) atoms. The molecular weight excluding hydrogens is 282 g/mol. The third kappa shape index (κ3) is 2.90. The van der Waals surface area contributed by atoms with E-state index in [4.69, 9.17) is 5.11 Å². The number of carboxylic acids is 1. The highest BCUT2D eigenvalue weighted by Gasteiger charge is 2.35. The van der Waals surface area contributed by atoms with Crippen LogP contribution in [0, 0.1) is 6.92 Å². The van der Waals surface area contributed by atoms with Crippen LogP contribution in [-0.2, 0) is 4.79 Å². The number of nitrogens with zero attached hydrogens (tertiary/aromatic N) is 1. The van der Waals surface area contributed by atoms with E-state index in [0.717, 1.165) is 10.5 Å². The number of rotatable bonds is 3. The summed E-state index contributed by atoms with van der Waals surface area (Å²) in [5.41, 5.74) is 1.48. The van der Waals surface area contributed by atoms with E-state index < -0.39 is 12.0 Å². The zero-order valence-corrected chi connectivity index (χ0v) is 12.4. The van der Waals surface area contributed by atoms with E-state index in [1.165, 1.54) is 16.7 Å². The van der Waals surface area contributed by atoms with Crippen molar-refractivity contribution in [3.63, 3.8) is 0 Å². The average molecular weight is 297 g/mol. The van der Waals surface area contributed by atoms with Crippen LogP contribution >= 0.6 is 23.5 Å². The van der Waals surface area contributed by atoms with E-state index in [0.29, 0.717) is 17.2 Å². The number of hydrogen-bond donors (Lipinski definition) is 1. The van der Waals surface area contributed by atoms with Gasteiger partial charge in [0.25, 0.3) is 5.91 Å². The number of carbonyl (C=O) groups excluding carboxylic acids is 1. The van der Waals surface area contributed by atoms with Crippen LogP contribution in [-0.4, -0.2) is 45.8 Å². The summed E-state index contributed by atoms with van der Waals surface area (Å²) < 4.78 is 0. The minimum Gasteiger partial charge on any atom is -0.480 e. The fourth-order valence-corrected chi connectivity index (χ4v) is 3.55. The Morgan fingerprint density at radius 3 is 2.84 bits per heavy atom. The van der Waals surface area contributed by atoms with E-state index in [9.17, 15) is 9.59 Å². The van der Waals surface area contributed by atoms with E-state index in [2.05, 4.69) is 0 Å². The SMILES string of the molecule is CSc1ccc(C)c(C(=O)N2CSC[C@H]2C(=O)O)c1. The molecule has 1 saturated heterocycles. The Balaban J connectivity index is 2.31. The molecule has 1 aliphatic heterocycles. The van der Waals surface area contributed by atoms with E-state index in [1.807, 2.05) is 31.4 Å². The first-order valence-electron chi connectivity index (χ1n) is 5.80. The largest absolute Gasteiger partial charge is 0.480 e. The molecule has 4 nitrogen and oxygen atoms in total. The van der Waals surface area contributed by atoms with Crippen molar-refractivity contribution in [1.82, 2.24) is 4.90 Å². The van der Waals surface area contributed by atoms with Crippen LogP contribution in [0.1, 0.15) is 15.9 Å². The van der Waals surface area contributed by atoms with Crippen LogP contribution in [0.15, 0.2) is 23.1 Å². The molecular formula is C13H15NO3S2. The average Bonchev–Trinajstić information content (AvgIpc) is 2.88. The number of aryl methyl sites for hydroxylation is 1. The molecule has 0 radical (unpaired) electrons. The lowest BCUT2D eigenvalue weighted by Gasteiger charge is -2.21. The van der Waals surface area contributed by atoms with Gasteiger partial charge in [-0.25, -0.2) is 4.79 Å². The second-order valence-electron chi connectivity index (χ2n) is 4.31. The molecule has 6 heteroatoms. The number of benzene rings is 1. The fourth-order valence-electron chi connectivity index (χ4n) is 1.96. The maximum atomic E-state index is 12.5. The van der Waals surface area contributed by atoms with Crippen molar-refractivity contribution in [2.75, 3.05) is 17.9 Å². The lowest BCUT2D eigenvalue weighted by molar-refractivity contribution is -0.140. The molecule has 1 fully saturated rings. The molecule has 0 aliphatic carbocycles. The minimum atomic E-state index is -0.933. The maximum Gasteiger partial charge on any atom is 0.327 e. The zero-order valence-electron chi connectivity index (χ0n) is 10.8. The van der Waals surface area contributed by atoms with Crippen LogP contribution in [0.25, 0.3) is 0 Å². The van der Waals surface area contributed by atoms with Crippen molar-refractivity contribution in [3.8, 4) is 0 Å². The molecule has 1 aromatic carbocycles. The fraction of sp³-hybridized carbons (Fsp3) is 0.385. The van der Waals surface area contributed by atoms with Gasteiger partial charge in [-0.3, -0.25) is 4.79 Å². The van der Waals surface area contributed by atoms with Crippen molar-refractivity contribution in [1.29, 1.82) is 0 Å². The highest BCUT2D eigenvalue weighted by Crippen LogP contribution is 2.26. The summed E-state index contributed by atoms with van der Waals surface area (Å²) in [5, 5.41) is 9.14. The third-order valence-electron chi connectivity index (χ3n) is 3.10. The molecule has 1 aliphatic rings. The Morgan fingerprint density at radius 1 is 1.47 bits per heavy atom. The number of thioether (sulfide) groups is 2. The van der Waals surface area contributed by atoms with Gasteiger partial charge >= 0.3 is 5.97 Å². The van der Waals surface area contributed by atoms with Gasteiger partial charge in [-0.05, 0) is 30.9 Å². The van der Waals surface area contributed by atoms with Gasteiger partial charge in [0.15, 0.2) is 0 Å². The Morgan fingerprint density at radius 2 is 2.21 bits per heavy atom. The normalized spacial score (nSPS) is 18.6. The van der Waals surface area contributed by atoms with Gasteiger partial charge in [0.1, 0.15) is 6.04 Å². The summed E-state index contributed by atoms with van der Waals surface area (Å²) in [6.07, 6.45) is 1.95. The van der Waals surface area contributed by atoms with Gasteiger partial charge in [-0.2, -0.15) is 0 Å². The van der Waals surface area contributed by atoms with Crippen molar-refractivity contribution in [3.05, 3.63) is 29.3 Å². The highest BCUT2D eigenvalue weighted by atomic mass is 32.2. The van der Waals surface area contributed by atoms with Crippen LogP contribution in [0.4, 0.5) is 0 Å². The molecule has 1 aromatic rings. The third-order valence-corrected chi connectivity index (χ3v) is 4.84. The summed E-state index contributed by atoms with van der Waals surface area (Å²) in [4.78, 5) is 26.1. The smallest absolute Gasteiger partial charge is 0.327 e. The van der Waals surface area contributed by atoms with E-state index in [1.54, 1.807) is 11.8 Å². The molecule has 1 amide bonds. The van der Waals surface area contributed by atoms with Gasteiger partial charge in [-0.15, -0.1) is 23.5 Å². The first-order chi connectivity index (χ1) is 9.04. The number of carboxylic acid groups (broad SMARTS) is 1. The summed E-state index contributed by atoms with van der Waals surface area (Å²) in [6, 6.07) is 4.99. The van der Waals surface area contributed by atoms with Crippen molar-refractivity contribution in [2.24, 2.45) is 0 Å². The highest BCUT2D eigenvalue weighted by molar-refractivity contribution is 7.99. The van der Waals surface area contributed by atoms with Crippen LogP contribution in [0.2, 0.25) is 0 Å². The summed E-state index contributed by atoms with van der Waals surface area (Å²) in [7, 11) is 0. The molecule has 0 aromatic heterocycles. The van der Waals surface area contributed by atoms with Crippen molar-refractivity contribution < 1.29 is 14.7 Å². The number of carbonyl (C=O) groups is 2. The van der Waals surface area contributed by atoms with E-state index >= 15 is 0 Å². The topological polar surface area (TPSA) is 57.6 Å². The van der Waals surface area contributed by atoms with Gasteiger partial charge in [0, 0.05) is 16.2 Å². The lowest BCUT2D eigenvalue weighted by Crippen LogP contribution is -2.42. The Hall–Kier alpha value is -1.14. The minimum absolute atomic E-state index is 0.189. The molecule has 1 atom stereocenters. The molecule has 1 heterocycles. The number of amides is 1. The first-order valence-corrected chi connectivity index (χ1v) is 8.18. The molecule has 0 unspecified atom stereocenters. The molecule has 0 spiro atoms. The number of hydrogen-bond acceptors (Lipinski definition) is 4. The molecule has 102 valence electrons. The predicted molar refractivity (Wildman–Crippen MR) is 77.9 cm³/mol. The van der Waals surface area contributed by atoms with Crippen molar-refractivity contribution >= 4 is 35.4 Å². The predicted octanol–water partition coefficient (Wildman–Crippen LogP) is 2.32. The van der Waals surface area contributed by atoms with E-state index in [-0.39, 0.29) is 5.91 Å². The number of aliphatic carboxylic acids is 1. The first kappa shape index (κ1) is 14.3. The monoisotopic (exact) mass is 297 g/mol. The van der Waals surface area contributed by atoms with Crippen LogP contribution < -0.4 is 0 Å². The molecule has 1 N–H and O–H groups in total. The van der Waals surface area contributed by atoms with Gasteiger partial charge < -0.3 is 10.0 Å². The second-order valence-corrected chi connectivity index (χ2v) is 6.19. The molecule has 0 saturated carbocycles. The van der Waals surface area contributed by atoms with Crippen molar-refractivity contribution in [2.45, 2.75) is 17.9 Å². The summed E-state index contributed by atoms with van der Waals surface area (Å²) >= 11 is 3.04. The molecule has 2 rings (SSSR count). The van der Waals surface area contributed by atoms with Crippen LogP contribution in [0.5, 0.6) is 0 Å². The molecule has 0 bridgehead atoms. The van der Waals surface area contributed by atoms with Gasteiger partial charge in [-0.1, -0.05) is 6.07 Å². The lowest BCUT2D eigenvalue weighted by atomic mass is 10.1.